The normalized spacial score (nSPS) is 16.9. The molecule has 104 valence electrons. The van der Waals surface area contributed by atoms with E-state index in [1.165, 1.54) is 13.2 Å². The summed E-state index contributed by atoms with van der Waals surface area (Å²) in [6, 6.07) is 4.87. The predicted molar refractivity (Wildman–Crippen MR) is 69.3 cm³/mol. The molecule has 0 atom stereocenters. The van der Waals surface area contributed by atoms with E-state index in [4.69, 9.17) is 9.84 Å². The number of rotatable bonds is 5. The highest BCUT2D eigenvalue weighted by atomic mass is 32.2. The van der Waals surface area contributed by atoms with Crippen LogP contribution >= 0.6 is 0 Å². The van der Waals surface area contributed by atoms with Gasteiger partial charge in [0.15, 0.2) is 9.84 Å². The third-order valence-electron chi connectivity index (χ3n) is 3.50. The highest BCUT2D eigenvalue weighted by molar-refractivity contribution is 7.90. The van der Waals surface area contributed by atoms with E-state index in [1.54, 1.807) is 12.1 Å². The molecular formula is C13H16O5S. The van der Waals surface area contributed by atoms with Crippen molar-refractivity contribution in [1.82, 2.24) is 0 Å². The minimum atomic E-state index is -3.40. The van der Waals surface area contributed by atoms with Crippen LogP contribution in [-0.4, -0.2) is 32.9 Å². The SMILES string of the molecule is COc1c(C2(CC(=O)O)CC2)cccc1S(C)(=O)=O. The first kappa shape index (κ1) is 13.9. The Hall–Kier alpha value is -1.56. The van der Waals surface area contributed by atoms with Gasteiger partial charge in [0.2, 0.25) is 0 Å². The number of sulfone groups is 1. The average molecular weight is 284 g/mol. The van der Waals surface area contributed by atoms with E-state index in [1.807, 2.05) is 0 Å². The summed E-state index contributed by atoms with van der Waals surface area (Å²) >= 11 is 0. The second-order valence-electron chi connectivity index (χ2n) is 4.96. The lowest BCUT2D eigenvalue weighted by molar-refractivity contribution is -0.137. The van der Waals surface area contributed by atoms with Gasteiger partial charge < -0.3 is 9.84 Å². The number of benzene rings is 1. The van der Waals surface area contributed by atoms with Gasteiger partial charge in [-0.3, -0.25) is 4.79 Å². The summed E-state index contributed by atoms with van der Waals surface area (Å²) in [5.74, 6) is -0.604. The zero-order chi connectivity index (χ0) is 14.3. The Morgan fingerprint density at radius 3 is 2.47 bits per heavy atom. The fraction of sp³-hybridized carbons (Fsp3) is 0.462. The molecule has 0 heterocycles. The van der Waals surface area contributed by atoms with Gasteiger partial charge in [0, 0.05) is 17.2 Å². The van der Waals surface area contributed by atoms with Crippen molar-refractivity contribution in [3.63, 3.8) is 0 Å². The van der Waals surface area contributed by atoms with Crippen molar-refractivity contribution in [1.29, 1.82) is 0 Å². The van der Waals surface area contributed by atoms with Gasteiger partial charge in [-0.2, -0.15) is 0 Å². The average Bonchev–Trinajstić information content (AvgIpc) is 3.06. The van der Waals surface area contributed by atoms with Gasteiger partial charge in [0.25, 0.3) is 0 Å². The molecule has 1 fully saturated rings. The Balaban J connectivity index is 2.56. The van der Waals surface area contributed by atoms with Crippen molar-refractivity contribution < 1.29 is 23.1 Å². The lowest BCUT2D eigenvalue weighted by Crippen LogP contribution is -2.15. The maximum Gasteiger partial charge on any atom is 0.304 e. The van der Waals surface area contributed by atoms with Crippen molar-refractivity contribution in [2.75, 3.05) is 13.4 Å². The highest BCUT2D eigenvalue weighted by Crippen LogP contribution is 2.54. The Labute approximate surface area is 112 Å². The van der Waals surface area contributed by atoms with E-state index in [2.05, 4.69) is 0 Å². The van der Waals surface area contributed by atoms with Crippen LogP contribution in [0.25, 0.3) is 0 Å². The number of methoxy groups -OCH3 is 1. The van der Waals surface area contributed by atoms with Gasteiger partial charge in [-0.15, -0.1) is 0 Å². The van der Waals surface area contributed by atoms with Gasteiger partial charge in [-0.1, -0.05) is 12.1 Å². The molecule has 2 rings (SSSR count). The maximum atomic E-state index is 11.7. The molecule has 0 unspecified atom stereocenters. The highest BCUT2D eigenvalue weighted by Gasteiger charge is 2.48. The van der Waals surface area contributed by atoms with E-state index in [0.717, 1.165) is 19.1 Å². The molecular weight excluding hydrogens is 268 g/mol. The van der Waals surface area contributed by atoms with E-state index in [0.29, 0.717) is 5.56 Å². The number of aliphatic carboxylic acids is 1. The summed E-state index contributed by atoms with van der Waals surface area (Å²) in [6.07, 6.45) is 2.59. The molecule has 1 aromatic rings. The van der Waals surface area contributed by atoms with Crippen molar-refractivity contribution in [3.8, 4) is 5.75 Å². The first-order valence-electron chi connectivity index (χ1n) is 5.89. The lowest BCUT2D eigenvalue weighted by atomic mass is 9.91. The topological polar surface area (TPSA) is 80.7 Å². The zero-order valence-electron chi connectivity index (χ0n) is 10.8. The molecule has 0 aromatic heterocycles. The van der Waals surface area contributed by atoms with Crippen molar-refractivity contribution in [3.05, 3.63) is 23.8 Å². The third-order valence-corrected chi connectivity index (χ3v) is 4.62. The summed E-state index contributed by atoms with van der Waals surface area (Å²) in [5.41, 5.74) is 0.207. The molecule has 0 spiro atoms. The molecule has 1 aliphatic carbocycles. The molecule has 6 heteroatoms. The van der Waals surface area contributed by atoms with Crippen LogP contribution in [0.2, 0.25) is 0 Å². The standard InChI is InChI=1S/C13H16O5S/c1-18-12-9(13(6-7-13)8-11(14)15)4-3-5-10(12)19(2,16)17/h3-5H,6-8H2,1-2H3,(H,14,15). The summed E-state index contributed by atoms with van der Waals surface area (Å²) in [7, 11) is -1.99. The van der Waals surface area contributed by atoms with Gasteiger partial charge in [-0.25, -0.2) is 8.42 Å². The van der Waals surface area contributed by atoms with Crippen LogP contribution < -0.4 is 4.74 Å². The number of carboxylic acids is 1. The van der Waals surface area contributed by atoms with Crippen LogP contribution in [-0.2, 0) is 20.0 Å². The fourth-order valence-electron chi connectivity index (χ4n) is 2.42. The molecule has 1 N–H and O–H groups in total. The zero-order valence-corrected chi connectivity index (χ0v) is 11.7. The Morgan fingerprint density at radius 2 is 2.05 bits per heavy atom. The lowest BCUT2D eigenvalue weighted by Gasteiger charge is -2.19. The number of ether oxygens (including phenoxy) is 1. The maximum absolute atomic E-state index is 11.7. The van der Waals surface area contributed by atoms with Crippen molar-refractivity contribution in [2.24, 2.45) is 0 Å². The second-order valence-corrected chi connectivity index (χ2v) is 6.94. The van der Waals surface area contributed by atoms with Crippen LogP contribution in [0.15, 0.2) is 23.1 Å². The molecule has 0 amide bonds. The molecule has 1 aliphatic rings. The Kier molecular flexibility index (Phi) is 3.30. The van der Waals surface area contributed by atoms with Crippen LogP contribution in [0.3, 0.4) is 0 Å². The summed E-state index contributed by atoms with van der Waals surface area (Å²) in [5, 5.41) is 8.98. The molecule has 0 aliphatic heterocycles. The summed E-state index contributed by atoms with van der Waals surface area (Å²) < 4.78 is 28.7. The number of hydrogen-bond acceptors (Lipinski definition) is 4. The number of carbonyl (C=O) groups is 1. The monoisotopic (exact) mass is 284 g/mol. The van der Waals surface area contributed by atoms with E-state index in [-0.39, 0.29) is 17.1 Å². The Bertz CT molecular complexity index is 614. The third kappa shape index (κ3) is 2.58. The minimum absolute atomic E-state index is 0.00340. The summed E-state index contributed by atoms with van der Waals surface area (Å²) in [6.45, 7) is 0. The molecule has 19 heavy (non-hydrogen) atoms. The van der Waals surface area contributed by atoms with Gasteiger partial charge in [-0.05, 0) is 18.9 Å². The summed E-state index contributed by atoms with van der Waals surface area (Å²) in [4.78, 5) is 11.1. The first-order chi connectivity index (χ1) is 8.80. The first-order valence-corrected chi connectivity index (χ1v) is 7.79. The van der Waals surface area contributed by atoms with Crippen LogP contribution in [0.5, 0.6) is 5.75 Å². The molecule has 1 saturated carbocycles. The van der Waals surface area contributed by atoms with Gasteiger partial charge in [0.1, 0.15) is 10.6 Å². The predicted octanol–water partition coefficient (Wildman–Crippen LogP) is 1.60. The molecule has 0 saturated heterocycles. The van der Waals surface area contributed by atoms with Gasteiger partial charge >= 0.3 is 5.97 Å². The van der Waals surface area contributed by atoms with E-state index >= 15 is 0 Å². The molecule has 0 bridgehead atoms. The minimum Gasteiger partial charge on any atom is -0.495 e. The number of carboxylic acid groups (broad SMARTS) is 1. The molecule has 5 nitrogen and oxygen atoms in total. The van der Waals surface area contributed by atoms with E-state index in [9.17, 15) is 13.2 Å². The number of para-hydroxylation sites is 1. The largest absolute Gasteiger partial charge is 0.495 e. The van der Waals surface area contributed by atoms with Crippen molar-refractivity contribution in [2.45, 2.75) is 29.6 Å². The van der Waals surface area contributed by atoms with Crippen LogP contribution in [0.4, 0.5) is 0 Å². The van der Waals surface area contributed by atoms with Crippen molar-refractivity contribution >= 4 is 15.8 Å². The Morgan fingerprint density at radius 1 is 1.42 bits per heavy atom. The van der Waals surface area contributed by atoms with Gasteiger partial charge in [0.05, 0.1) is 13.5 Å². The molecule has 1 aromatic carbocycles. The quantitative estimate of drug-likeness (QED) is 0.888. The fourth-order valence-corrected chi connectivity index (χ4v) is 3.27. The van der Waals surface area contributed by atoms with Crippen LogP contribution in [0, 0.1) is 0 Å². The second kappa shape index (κ2) is 4.52. The van der Waals surface area contributed by atoms with Crippen LogP contribution in [0.1, 0.15) is 24.8 Å². The number of hydrogen-bond donors (Lipinski definition) is 1. The molecule has 0 radical (unpaired) electrons. The van der Waals surface area contributed by atoms with E-state index < -0.39 is 21.2 Å². The smallest absolute Gasteiger partial charge is 0.304 e.